The molecule has 0 N–H and O–H groups in total. The zero-order valence-corrected chi connectivity index (χ0v) is 20.7. The van der Waals surface area contributed by atoms with Crippen LogP contribution in [0.3, 0.4) is 0 Å². The molecule has 0 amide bonds. The van der Waals surface area contributed by atoms with Gasteiger partial charge in [0.25, 0.3) is 0 Å². The summed E-state index contributed by atoms with van der Waals surface area (Å²) in [5.74, 6) is 2.42. The van der Waals surface area contributed by atoms with Crippen LogP contribution >= 0.6 is 15.9 Å². The molecule has 0 fully saturated rings. The Morgan fingerprint density at radius 3 is 2.12 bits per heavy atom. The molecule has 2 aromatic carbocycles. The van der Waals surface area contributed by atoms with Crippen LogP contribution in [-0.2, 0) is 5.33 Å². The lowest BCUT2D eigenvalue weighted by Gasteiger charge is -2.19. The molecule has 0 unspecified atom stereocenters. The first-order valence-corrected chi connectivity index (χ1v) is 11.5. The number of rotatable bonds is 10. The number of carbonyl (C=O) groups is 1. The predicted molar refractivity (Wildman–Crippen MR) is 130 cm³/mol. The first kappa shape index (κ1) is 23.9. The molecule has 7 heteroatoms. The molecule has 0 aliphatic carbocycles. The highest BCUT2D eigenvalue weighted by Crippen LogP contribution is 2.42. The van der Waals surface area contributed by atoms with E-state index in [-0.39, 0.29) is 5.78 Å². The lowest BCUT2D eigenvalue weighted by atomic mass is 9.90. The van der Waals surface area contributed by atoms with E-state index in [0.29, 0.717) is 51.5 Å². The third-order valence-electron chi connectivity index (χ3n) is 5.40. The normalized spacial score (nSPS) is 10.8. The van der Waals surface area contributed by atoms with Crippen molar-refractivity contribution in [2.75, 3.05) is 28.4 Å². The summed E-state index contributed by atoms with van der Waals surface area (Å²) >= 11 is 3.54. The average Bonchev–Trinajstić information content (AvgIpc) is 2.84. The number of ether oxygens (including phenoxy) is 4. The zero-order chi connectivity index (χ0) is 23.3. The molecule has 0 aliphatic rings. The van der Waals surface area contributed by atoms with Crippen molar-refractivity contribution in [3.05, 3.63) is 41.6 Å². The molecule has 0 radical (unpaired) electrons. The number of methoxy groups -OCH3 is 4. The van der Waals surface area contributed by atoms with E-state index in [9.17, 15) is 4.79 Å². The number of nitrogens with zero attached hydrogens (tertiary/aromatic N) is 1. The summed E-state index contributed by atoms with van der Waals surface area (Å²) in [4.78, 5) is 18.2. The van der Waals surface area contributed by atoms with Gasteiger partial charge in [0, 0.05) is 34.3 Å². The van der Waals surface area contributed by atoms with Gasteiger partial charge >= 0.3 is 0 Å². The van der Waals surface area contributed by atoms with Crippen LogP contribution in [0.4, 0.5) is 0 Å². The molecule has 0 saturated heterocycles. The fourth-order valence-electron chi connectivity index (χ4n) is 3.79. The van der Waals surface area contributed by atoms with Gasteiger partial charge in [-0.3, -0.25) is 9.78 Å². The third-order valence-corrected chi connectivity index (χ3v) is 5.93. The van der Waals surface area contributed by atoms with Crippen molar-refractivity contribution in [2.45, 2.75) is 31.5 Å². The number of ketones is 1. The molecule has 0 aliphatic heterocycles. The number of hydrogen-bond acceptors (Lipinski definition) is 6. The fraction of sp³-hybridized carbons (Fsp3) is 0.360. The minimum absolute atomic E-state index is 0.0651. The molecule has 1 aromatic heterocycles. The highest BCUT2D eigenvalue weighted by atomic mass is 79.9. The van der Waals surface area contributed by atoms with Crippen LogP contribution < -0.4 is 18.9 Å². The van der Waals surface area contributed by atoms with E-state index >= 15 is 0 Å². The Morgan fingerprint density at radius 2 is 1.53 bits per heavy atom. The number of hydrogen-bond donors (Lipinski definition) is 0. The molecular formula is C25H28BrNO5. The lowest BCUT2D eigenvalue weighted by molar-refractivity contribution is 0.0979. The van der Waals surface area contributed by atoms with Gasteiger partial charge in [-0.05, 0) is 30.2 Å². The first-order valence-electron chi connectivity index (χ1n) is 10.4. The summed E-state index contributed by atoms with van der Waals surface area (Å²) < 4.78 is 22.0. The van der Waals surface area contributed by atoms with E-state index in [4.69, 9.17) is 23.9 Å². The van der Waals surface area contributed by atoms with Crippen molar-refractivity contribution >= 4 is 32.6 Å². The van der Waals surface area contributed by atoms with Crippen LogP contribution in [0.5, 0.6) is 23.0 Å². The van der Waals surface area contributed by atoms with Crippen molar-refractivity contribution in [3.8, 4) is 34.1 Å². The van der Waals surface area contributed by atoms with E-state index in [1.165, 1.54) is 0 Å². The van der Waals surface area contributed by atoms with Crippen LogP contribution in [-0.4, -0.2) is 39.2 Å². The van der Waals surface area contributed by atoms with Gasteiger partial charge in [0.1, 0.15) is 0 Å². The molecule has 0 bridgehead atoms. The van der Waals surface area contributed by atoms with Crippen molar-refractivity contribution in [3.63, 3.8) is 0 Å². The Balaban J connectivity index is 2.43. The monoisotopic (exact) mass is 501 g/mol. The number of unbranched alkanes of at least 4 members (excludes halogenated alkanes) is 1. The summed E-state index contributed by atoms with van der Waals surface area (Å²) in [5.41, 5.74) is 3.66. The average molecular weight is 502 g/mol. The number of carbonyl (C=O) groups excluding carboxylic acids is 1. The van der Waals surface area contributed by atoms with E-state index in [2.05, 4.69) is 22.9 Å². The van der Waals surface area contributed by atoms with Crippen LogP contribution in [0.15, 0.2) is 30.3 Å². The molecule has 0 spiro atoms. The number of fused-ring (bicyclic) bond motifs is 1. The molecule has 3 rings (SSSR count). The Kier molecular flexibility index (Phi) is 7.96. The molecule has 32 heavy (non-hydrogen) atoms. The van der Waals surface area contributed by atoms with Gasteiger partial charge in [-0.2, -0.15) is 0 Å². The van der Waals surface area contributed by atoms with Gasteiger partial charge in [-0.1, -0.05) is 35.3 Å². The zero-order valence-electron chi connectivity index (χ0n) is 19.1. The molecule has 0 atom stereocenters. The molecule has 3 aromatic rings. The van der Waals surface area contributed by atoms with Crippen molar-refractivity contribution in [2.24, 2.45) is 0 Å². The number of benzene rings is 2. The topological polar surface area (TPSA) is 66.9 Å². The first-order chi connectivity index (χ1) is 15.5. The smallest absolute Gasteiger partial charge is 0.165 e. The summed E-state index contributed by atoms with van der Waals surface area (Å²) in [6, 6.07) is 9.38. The summed E-state index contributed by atoms with van der Waals surface area (Å²) in [6.45, 7) is 2.07. The van der Waals surface area contributed by atoms with Crippen molar-refractivity contribution in [1.82, 2.24) is 4.98 Å². The minimum atomic E-state index is 0.0651. The van der Waals surface area contributed by atoms with Crippen LogP contribution in [0.25, 0.3) is 22.0 Å². The van der Waals surface area contributed by atoms with Gasteiger partial charge in [-0.25, -0.2) is 0 Å². The van der Waals surface area contributed by atoms with Crippen molar-refractivity contribution < 1.29 is 23.7 Å². The van der Waals surface area contributed by atoms with Crippen LogP contribution in [0.1, 0.15) is 42.2 Å². The van der Waals surface area contributed by atoms with Gasteiger partial charge in [0.2, 0.25) is 0 Å². The van der Waals surface area contributed by atoms with E-state index in [0.717, 1.165) is 29.4 Å². The van der Waals surface area contributed by atoms with E-state index < -0.39 is 0 Å². The Bertz CT molecular complexity index is 1130. The maximum Gasteiger partial charge on any atom is 0.165 e. The second kappa shape index (κ2) is 10.7. The molecule has 170 valence electrons. The van der Waals surface area contributed by atoms with Gasteiger partial charge < -0.3 is 18.9 Å². The number of halogens is 1. The van der Waals surface area contributed by atoms with Crippen LogP contribution in [0.2, 0.25) is 0 Å². The number of pyridine rings is 1. The van der Waals surface area contributed by atoms with Crippen LogP contribution in [0, 0.1) is 0 Å². The summed E-state index contributed by atoms with van der Waals surface area (Å²) in [7, 11) is 6.37. The third kappa shape index (κ3) is 4.53. The Hall–Kier alpha value is -2.80. The van der Waals surface area contributed by atoms with Crippen molar-refractivity contribution in [1.29, 1.82) is 0 Å². The van der Waals surface area contributed by atoms with E-state index in [1.807, 2.05) is 30.3 Å². The lowest BCUT2D eigenvalue weighted by Crippen LogP contribution is -2.09. The number of Topliss-reactive ketones (excluding diaryl/α,β-unsaturated/α-hetero) is 1. The maximum absolute atomic E-state index is 13.4. The second-order valence-electron chi connectivity index (χ2n) is 7.26. The Morgan fingerprint density at radius 1 is 0.906 bits per heavy atom. The van der Waals surface area contributed by atoms with Gasteiger partial charge in [0.05, 0.1) is 39.6 Å². The largest absolute Gasteiger partial charge is 0.493 e. The molecular weight excluding hydrogens is 474 g/mol. The fourth-order valence-corrected chi connectivity index (χ4v) is 4.20. The summed E-state index contributed by atoms with van der Waals surface area (Å²) in [6.07, 6.45) is 2.21. The molecule has 1 heterocycles. The SMILES string of the molecule is CCCCC(=O)c1c(CBr)nc2cc(OC)c(OC)cc2c1-c1ccc(OC)c(OC)c1. The Labute approximate surface area is 197 Å². The standard InChI is InChI=1S/C25H28BrNO5/c1-6-7-8-19(28)25-18(14-26)27-17-13-23(32-5)22(31-4)12-16(17)24(25)15-9-10-20(29-2)21(11-15)30-3/h9-13H,6-8,14H2,1-5H3. The summed E-state index contributed by atoms with van der Waals surface area (Å²) in [5, 5.41) is 1.25. The maximum atomic E-state index is 13.4. The minimum Gasteiger partial charge on any atom is -0.493 e. The highest BCUT2D eigenvalue weighted by molar-refractivity contribution is 9.08. The number of aromatic nitrogens is 1. The van der Waals surface area contributed by atoms with E-state index in [1.54, 1.807) is 28.4 Å². The second-order valence-corrected chi connectivity index (χ2v) is 7.82. The van der Waals surface area contributed by atoms with Gasteiger partial charge in [-0.15, -0.1) is 0 Å². The number of alkyl halides is 1. The van der Waals surface area contributed by atoms with Gasteiger partial charge in [0.15, 0.2) is 28.8 Å². The quantitative estimate of drug-likeness (QED) is 0.243. The molecule has 0 saturated carbocycles. The predicted octanol–water partition coefficient (Wildman–Crippen LogP) is 6.20. The highest BCUT2D eigenvalue weighted by Gasteiger charge is 2.24. The molecule has 6 nitrogen and oxygen atoms in total.